The molecular formula is C15H23N3O. The van der Waals surface area contributed by atoms with Crippen LogP contribution in [-0.2, 0) is 6.42 Å². The molecular weight excluding hydrogens is 238 g/mol. The van der Waals surface area contributed by atoms with Crippen LogP contribution in [0.4, 0.5) is 0 Å². The molecule has 1 aliphatic carbocycles. The van der Waals surface area contributed by atoms with Gasteiger partial charge in [-0.15, -0.1) is 0 Å². The number of aryl methyl sites for hydroxylation is 1. The molecule has 2 N–H and O–H groups in total. The number of aliphatic imine (C=N–C) groups is 1. The van der Waals surface area contributed by atoms with Crippen molar-refractivity contribution in [3.63, 3.8) is 0 Å². The highest BCUT2D eigenvalue weighted by Crippen LogP contribution is 2.33. The van der Waals surface area contributed by atoms with Gasteiger partial charge in [-0.1, -0.05) is 6.07 Å². The monoisotopic (exact) mass is 261 g/mol. The van der Waals surface area contributed by atoms with Gasteiger partial charge in [0.2, 0.25) is 0 Å². The Hall–Kier alpha value is -1.71. The predicted octanol–water partition coefficient (Wildman–Crippen LogP) is 1.99. The Bertz CT molecular complexity index is 468. The second kappa shape index (κ2) is 5.95. The zero-order chi connectivity index (χ0) is 13.8. The minimum absolute atomic E-state index is 0.480. The highest BCUT2D eigenvalue weighted by molar-refractivity contribution is 5.77. The van der Waals surface area contributed by atoms with E-state index >= 15 is 0 Å². The molecule has 4 heteroatoms. The summed E-state index contributed by atoms with van der Waals surface area (Å²) in [5, 5.41) is 0. The third-order valence-corrected chi connectivity index (χ3v) is 3.72. The molecule has 104 valence electrons. The molecule has 0 saturated heterocycles. The van der Waals surface area contributed by atoms with E-state index in [1.807, 2.05) is 25.1 Å². The molecule has 1 aliphatic rings. The van der Waals surface area contributed by atoms with Gasteiger partial charge >= 0.3 is 0 Å². The lowest BCUT2D eigenvalue weighted by molar-refractivity contribution is 0.413. The molecule has 1 atom stereocenters. The largest absolute Gasteiger partial charge is 0.497 e. The van der Waals surface area contributed by atoms with Crippen molar-refractivity contribution in [3.8, 4) is 5.75 Å². The van der Waals surface area contributed by atoms with E-state index in [0.29, 0.717) is 11.9 Å². The summed E-state index contributed by atoms with van der Waals surface area (Å²) < 4.78 is 5.29. The van der Waals surface area contributed by atoms with E-state index < -0.39 is 0 Å². The van der Waals surface area contributed by atoms with Crippen LogP contribution in [0.25, 0.3) is 0 Å². The van der Waals surface area contributed by atoms with E-state index in [2.05, 4.69) is 17.1 Å². The van der Waals surface area contributed by atoms with Crippen molar-refractivity contribution in [3.05, 3.63) is 29.3 Å². The maximum Gasteiger partial charge on any atom is 0.190 e. The number of hydrogen-bond acceptors (Lipinski definition) is 2. The lowest BCUT2D eigenvalue weighted by Gasteiger charge is -2.25. The van der Waals surface area contributed by atoms with E-state index in [4.69, 9.17) is 10.5 Å². The first-order chi connectivity index (χ1) is 9.11. The number of rotatable bonds is 3. The summed E-state index contributed by atoms with van der Waals surface area (Å²) in [7, 11) is 5.54. The predicted molar refractivity (Wildman–Crippen MR) is 78.8 cm³/mol. The van der Waals surface area contributed by atoms with Crippen molar-refractivity contribution >= 4 is 5.96 Å². The number of methoxy groups -OCH3 is 1. The fraction of sp³-hybridized carbons (Fsp3) is 0.533. The topological polar surface area (TPSA) is 50.9 Å². The molecule has 1 aromatic rings. The molecule has 1 aromatic carbocycles. The van der Waals surface area contributed by atoms with Gasteiger partial charge in [0.25, 0.3) is 0 Å². The standard InChI is InChI=1S/C15H23N3O/c1-18(2)15(16)17-10-12-6-4-5-11-9-13(19-3)7-8-14(11)12/h7-9,12H,4-6,10H2,1-3H3,(H2,16,17). The van der Waals surface area contributed by atoms with Gasteiger partial charge in [0.15, 0.2) is 5.96 Å². The van der Waals surface area contributed by atoms with Gasteiger partial charge in [0, 0.05) is 26.6 Å². The molecule has 0 aliphatic heterocycles. The number of guanidine groups is 1. The van der Waals surface area contributed by atoms with E-state index in [0.717, 1.165) is 18.7 Å². The molecule has 0 heterocycles. The molecule has 4 nitrogen and oxygen atoms in total. The Labute approximate surface area is 115 Å². The van der Waals surface area contributed by atoms with Crippen molar-refractivity contribution in [2.24, 2.45) is 10.7 Å². The average molecular weight is 261 g/mol. The lowest BCUT2D eigenvalue weighted by Crippen LogP contribution is -2.31. The van der Waals surface area contributed by atoms with Crippen LogP contribution >= 0.6 is 0 Å². The van der Waals surface area contributed by atoms with Gasteiger partial charge < -0.3 is 15.4 Å². The number of hydrogen-bond donors (Lipinski definition) is 1. The van der Waals surface area contributed by atoms with Gasteiger partial charge in [-0.05, 0) is 42.5 Å². The summed E-state index contributed by atoms with van der Waals surface area (Å²) in [5.41, 5.74) is 8.66. The van der Waals surface area contributed by atoms with E-state index in [-0.39, 0.29) is 0 Å². The SMILES string of the molecule is COc1ccc2c(c1)CCCC2CN=C(N)N(C)C. The second-order valence-electron chi connectivity index (χ2n) is 5.25. The average Bonchev–Trinajstić information content (AvgIpc) is 2.43. The Balaban J connectivity index is 2.16. The summed E-state index contributed by atoms with van der Waals surface area (Å²) in [6.07, 6.45) is 3.53. The van der Waals surface area contributed by atoms with Crippen LogP contribution in [0.2, 0.25) is 0 Å². The maximum atomic E-state index is 5.86. The molecule has 0 radical (unpaired) electrons. The number of nitrogens with zero attached hydrogens (tertiary/aromatic N) is 2. The molecule has 0 aromatic heterocycles. The highest BCUT2D eigenvalue weighted by atomic mass is 16.5. The first-order valence-electron chi connectivity index (χ1n) is 6.76. The number of ether oxygens (including phenoxy) is 1. The molecule has 2 rings (SSSR count). The molecule has 0 amide bonds. The van der Waals surface area contributed by atoms with Gasteiger partial charge in [-0.25, -0.2) is 0 Å². The normalized spacial score (nSPS) is 18.9. The van der Waals surface area contributed by atoms with E-state index in [9.17, 15) is 0 Å². The van der Waals surface area contributed by atoms with Crippen molar-refractivity contribution in [1.29, 1.82) is 0 Å². The Morgan fingerprint density at radius 2 is 2.26 bits per heavy atom. The van der Waals surface area contributed by atoms with Crippen LogP contribution in [-0.4, -0.2) is 38.6 Å². The third kappa shape index (κ3) is 3.19. The summed E-state index contributed by atoms with van der Waals surface area (Å²) in [6.45, 7) is 0.767. The van der Waals surface area contributed by atoms with Crippen LogP contribution in [0.5, 0.6) is 5.75 Å². The molecule has 0 fully saturated rings. The van der Waals surface area contributed by atoms with E-state index in [1.54, 1.807) is 7.11 Å². The molecule has 0 spiro atoms. The quantitative estimate of drug-likeness (QED) is 0.668. The van der Waals surface area contributed by atoms with Crippen LogP contribution in [0.15, 0.2) is 23.2 Å². The Morgan fingerprint density at radius 1 is 1.47 bits per heavy atom. The van der Waals surface area contributed by atoms with Crippen molar-refractivity contribution in [2.45, 2.75) is 25.2 Å². The molecule has 0 saturated carbocycles. The fourth-order valence-electron chi connectivity index (χ4n) is 2.55. The van der Waals surface area contributed by atoms with Crippen molar-refractivity contribution < 1.29 is 4.74 Å². The highest BCUT2D eigenvalue weighted by Gasteiger charge is 2.20. The zero-order valence-electron chi connectivity index (χ0n) is 12.0. The minimum atomic E-state index is 0.480. The number of fused-ring (bicyclic) bond motifs is 1. The Morgan fingerprint density at radius 3 is 2.95 bits per heavy atom. The zero-order valence-corrected chi connectivity index (χ0v) is 12.0. The van der Waals surface area contributed by atoms with Crippen LogP contribution in [0.1, 0.15) is 29.9 Å². The van der Waals surface area contributed by atoms with Crippen LogP contribution in [0, 0.1) is 0 Å². The van der Waals surface area contributed by atoms with Gasteiger partial charge in [-0.3, -0.25) is 4.99 Å². The van der Waals surface area contributed by atoms with Crippen LogP contribution in [0.3, 0.4) is 0 Å². The molecule has 0 bridgehead atoms. The van der Waals surface area contributed by atoms with Crippen molar-refractivity contribution in [1.82, 2.24) is 4.90 Å². The first kappa shape index (κ1) is 13.7. The summed E-state index contributed by atoms with van der Waals surface area (Å²) >= 11 is 0. The van der Waals surface area contributed by atoms with E-state index in [1.165, 1.54) is 24.0 Å². The number of nitrogens with two attached hydrogens (primary N) is 1. The minimum Gasteiger partial charge on any atom is -0.497 e. The molecule has 1 unspecified atom stereocenters. The Kier molecular flexibility index (Phi) is 4.30. The smallest absolute Gasteiger partial charge is 0.190 e. The first-order valence-corrected chi connectivity index (χ1v) is 6.76. The summed E-state index contributed by atoms with van der Waals surface area (Å²) in [4.78, 5) is 6.32. The maximum absolute atomic E-state index is 5.86. The number of benzene rings is 1. The van der Waals surface area contributed by atoms with Crippen LogP contribution < -0.4 is 10.5 Å². The lowest BCUT2D eigenvalue weighted by atomic mass is 9.83. The third-order valence-electron chi connectivity index (χ3n) is 3.72. The van der Waals surface area contributed by atoms with Gasteiger partial charge in [0.05, 0.1) is 7.11 Å². The van der Waals surface area contributed by atoms with Gasteiger partial charge in [-0.2, -0.15) is 0 Å². The fourth-order valence-corrected chi connectivity index (χ4v) is 2.55. The van der Waals surface area contributed by atoms with Gasteiger partial charge in [0.1, 0.15) is 5.75 Å². The second-order valence-corrected chi connectivity index (χ2v) is 5.25. The van der Waals surface area contributed by atoms with Crippen molar-refractivity contribution in [2.75, 3.05) is 27.7 Å². The summed E-state index contributed by atoms with van der Waals surface area (Å²) in [5.74, 6) is 2.02. The summed E-state index contributed by atoms with van der Waals surface area (Å²) in [6, 6.07) is 6.37. The molecule has 19 heavy (non-hydrogen) atoms.